The molecule has 0 aliphatic carbocycles. The second-order valence-electron chi connectivity index (χ2n) is 19.2. The van der Waals surface area contributed by atoms with Gasteiger partial charge < -0.3 is 14.2 Å². The Morgan fingerprint density at radius 2 is 0.588 bits per heavy atom. The first-order valence-corrected chi connectivity index (χ1v) is 28.9. The van der Waals surface area contributed by atoms with E-state index in [1.165, 1.54) is 161 Å². The summed E-state index contributed by atoms with van der Waals surface area (Å²) >= 11 is 0. The van der Waals surface area contributed by atoms with Crippen molar-refractivity contribution in [2.24, 2.45) is 0 Å². The Morgan fingerprint density at radius 1 is 0.309 bits per heavy atom. The third kappa shape index (κ3) is 53.8. The maximum atomic E-state index is 12.8. The van der Waals surface area contributed by atoms with Crippen molar-refractivity contribution in [2.45, 2.75) is 290 Å². The largest absolute Gasteiger partial charge is 0.462 e. The molecule has 0 saturated carbocycles. The lowest BCUT2D eigenvalue weighted by Gasteiger charge is -2.18. The maximum Gasteiger partial charge on any atom is 0.306 e. The van der Waals surface area contributed by atoms with Crippen LogP contribution >= 0.6 is 0 Å². The van der Waals surface area contributed by atoms with Gasteiger partial charge in [-0.05, 0) is 83.5 Å². The smallest absolute Gasteiger partial charge is 0.306 e. The van der Waals surface area contributed by atoms with Gasteiger partial charge in [-0.15, -0.1) is 0 Å². The second-order valence-corrected chi connectivity index (χ2v) is 19.2. The van der Waals surface area contributed by atoms with E-state index in [-0.39, 0.29) is 37.5 Å². The summed E-state index contributed by atoms with van der Waals surface area (Å²) in [5, 5.41) is 0. The lowest BCUT2D eigenvalue weighted by atomic mass is 10.0. The highest BCUT2D eigenvalue weighted by Crippen LogP contribution is 2.16. The van der Waals surface area contributed by atoms with Crippen LogP contribution in [0.5, 0.6) is 0 Å². The van der Waals surface area contributed by atoms with Gasteiger partial charge in [0.15, 0.2) is 6.10 Å². The number of ether oxygens (including phenoxy) is 3. The van der Waals surface area contributed by atoms with E-state index in [9.17, 15) is 14.4 Å². The van der Waals surface area contributed by atoms with E-state index < -0.39 is 6.10 Å². The van der Waals surface area contributed by atoms with Gasteiger partial charge in [-0.3, -0.25) is 14.4 Å². The third-order valence-corrected chi connectivity index (χ3v) is 12.4. The minimum absolute atomic E-state index is 0.0946. The monoisotopic (exact) mass is 949 g/mol. The van der Waals surface area contributed by atoms with Crippen LogP contribution in [0.2, 0.25) is 0 Å². The molecule has 0 aliphatic rings. The SMILES string of the molecule is CC/C=C\C/C=C\C/C=C\CCCCCCCCCCCC(=O)OCC(COC(=O)CCCCCCCCCCCCCCCC)OC(=O)CCC/C=C\C/C=C\C/C=C\CCCCCCCC. The average molecular weight is 950 g/mol. The first kappa shape index (κ1) is 64.8. The van der Waals surface area contributed by atoms with Gasteiger partial charge in [0, 0.05) is 19.3 Å². The first-order valence-electron chi connectivity index (χ1n) is 28.9. The van der Waals surface area contributed by atoms with Crippen molar-refractivity contribution >= 4 is 17.9 Å². The molecule has 0 N–H and O–H groups in total. The summed E-state index contributed by atoms with van der Waals surface area (Å²) in [6, 6.07) is 0. The third-order valence-electron chi connectivity index (χ3n) is 12.4. The van der Waals surface area contributed by atoms with Crippen molar-refractivity contribution in [3.05, 3.63) is 72.9 Å². The molecule has 1 unspecified atom stereocenters. The van der Waals surface area contributed by atoms with E-state index in [0.29, 0.717) is 19.3 Å². The molecule has 0 fully saturated rings. The molecule has 0 amide bonds. The van der Waals surface area contributed by atoms with Crippen LogP contribution in [0, 0.1) is 0 Å². The van der Waals surface area contributed by atoms with Crippen LogP contribution in [-0.2, 0) is 28.6 Å². The fourth-order valence-corrected chi connectivity index (χ4v) is 8.12. The van der Waals surface area contributed by atoms with Gasteiger partial charge in [0.05, 0.1) is 0 Å². The molecule has 0 aromatic heterocycles. The lowest BCUT2D eigenvalue weighted by Crippen LogP contribution is -2.30. The van der Waals surface area contributed by atoms with Crippen molar-refractivity contribution < 1.29 is 28.6 Å². The predicted octanol–water partition coefficient (Wildman–Crippen LogP) is 19.4. The van der Waals surface area contributed by atoms with Crippen molar-refractivity contribution in [1.29, 1.82) is 0 Å². The molecule has 0 aromatic carbocycles. The minimum Gasteiger partial charge on any atom is -0.462 e. The normalized spacial score (nSPS) is 12.6. The Morgan fingerprint density at radius 3 is 0.941 bits per heavy atom. The number of carbonyl (C=O) groups is 3. The van der Waals surface area contributed by atoms with Gasteiger partial charge in [0.2, 0.25) is 0 Å². The van der Waals surface area contributed by atoms with Crippen molar-refractivity contribution in [3.8, 4) is 0 Å². The van der Waals surface area contributed by atoms with E-state index >= 15 is 0 Å². The molecular weight excluding hydrogens is 841 g/mol. The minimum atomic E-state index is -0.802. The fraction of sp³-hybridized carbons (Fsp3) is 0.758. The molecule has 0 aromatic rings. The van der Waals surface area contributed by atoms with Crippen LogP contribution < -0.4 is 0 Å². The van der Waals surface area contributed by atoms with Gasteiger partial charge in [0.1, 0.15) is 13.2 Å². The summed E-state index contributed by atoms with van der Waals surface area (Å²) in [4.78, 5) is 38.1. The Labute approximate surface area is 421 Å². The molecule has 6 nitrogen and oxygen atoms in total. The molecule has 0 spiro atoms. The van der Waals surface area contributed by atoms with Crippen molar-refractivity contribution in [1.82, 2.24) is 0 Å². The van der Waals surface area contributed by atoms with E-state index in [2.05, 4.69) is 93.7 Å². The standard InChI is InChI=1S/C62H108O6/c1-4-7-10-13-16-19-22-25-28-30-31-33-34-37-40-43-46-49-52-55-61(64)67-58-59(57-66-60(63)54-51-48-45-42-39-36-27-24-21-18-15-12-9-6-3)68-62(65)56-53-50-47-44-41-38-35-32-29-26-23-20-17-14-11-8-5-2/h7,10,16,19,25-26,28-29,35,38,44,47,59H,4-6,8-9,11-15,17-18,20-24,27,30-34,36-37,39-43,45-46,48-58H2,1-3H3/b10-7-,19-16-,28-25-,29-26-,38-35-,47-44-. The van der Waals surface area contributed by atoms with Crippen LogP contribution in [0.15, 0.2) is 72.9 Å². The molecule has 392 valence electrons. The molecule has 0 rings (SSSR count). The van der Waals surface area contributed by atoms with Crippen LogP contribution in [0.3, 0.4) is 0 Å². The molecule has 0 aliphatic heterocycles. The predicted molar refractivity (Wildman–Crippen MR) is 293 cm³/mol. The molecule has 0 saturated heterocycles. The maximum absolute atomic E-state index is 12.8. The van der Waals surface area contributed by atoms with Crippen molar-refractivity contribution in [2.75, 3.05) is 13.2 Å². The molecule has 0 bridgehead atoms. The van der Waals surface area contributed by atoms with Gasteiger partial charge in [-0.25, -0.2) is 0 Å². The number of unbranched alkanes of at least 4 members (excludes halogenated alkanes) is 29. The van der Waals surface area contributed by atoms with Gasteiger partial charge in [-0.2, -0.15) is 0 Å². The molecule has 0 radical (unpaired) electrons. The van der Waals surface area contributed by atoms with Crippen LogP contribution in [0.1, 0.15) is 284 Å². The van der Waals surface area contributed by atoms with Crippen LogP contribution in [0.4, 0.5) is 0 Å². The van der Waals surface area contributed by atoms with Crippen LogP contribution in [0.25, 0.3) is 0 Å². The summed E-state index contributed by atoms with van der Waals surface area (Å²) < 4.78 is 16.8. The second kappa shape index (κ2) is 56.4. The zero-order chi connectivity index (χ0) is 49.3. The van der Waals surface area contributed by atoms with Gasteiger partial charge in [-0.1, -0.05) is 254 Å². The highest BCUT2D eigenvalue weighted by atomic mass is 16.6. The number of rotatable bonds is 52. The Kier molecular flexibility index (Phi) is 53.8. The van der Waals surface area contributed by atoms with E-state index in [4.69, 9.17) is 14.2 Å². The first-order chi connectivity index (χ1) is 33.5. The number of allylic oxidation sites excluding steroid dienone is 12. The van der Waals surface area contributed by atoms with Gasteiger partial charge in [0.25, 0.3) is 0 Å². The number of hydrogen-bond acceptors (Lipinski definition) is 6. The summed E-state index contributed by atoms with van der Waals surface area (Å²) in [6.07, 6.45) is 71.8. The molecule has 0 heterocycles. The average Bonchev–Trinajstić information content (AvgIpc) is 3.34. The van der Waals surface area contributed by atoms with E-state index in [1.807, 2.05) is 0 Å². The molecule has 68 heavy (non-hydrogen) atoms. The quantitative estimate of drug-likeness (QED) is 0.0262. The highest BCUT2D eigenvalue weighted by molar-refractivity contribution is 5.71. The summed E-state index contributed by atoms with van der Waals surface area (Å²) in [5.41, 5.74) is 0. The number of esters is 3. The topological polar surface area (TPSA) is 78.9 Å². The highest BCUT2D eigenvalue weighted by Gasteiger charge is 2.19. The Bertz CT molecular complexity index is 1270. The number of carbonyl (C=O) groups excluding carboxylic acids is 3. The van der Waals surface area contributed by atoms with E-state index in [1.54, 1.807) is 0 Å². The lowest BCUT2D eigenvalue weighted by molar-refractivity contribution is -0.167. The summed E-state index contributed by atoms with van der Waals surface area (Å²) in [6.45, 7) is 6.50. The molecular formula is C62H108O6. The van der Waals surface area contributed by atoms with Crippen LogP contribution in [-0.4, -0.2) is 37.2 Å². The van der Waals surface area contributed by atoms with Crippen molar-refractivity contribution in [3.63, 3.8) is 0 Å². The molecule has 1 atom stereocenters. The zero-order valence-electron chi connectivity index (χ0n) is 44.9. The van der Waals surface area contributed by atoms with Gasteiger partial charge >= 0.3 is 17.9 Å². The Balaban J connectivity index is 4.43. The Hall–Kier alpha value is -3.15. The van der Waals surface area contributed by atoms with E-state index in [0.717, 1.165) is 77.0 Å². The zero-order valence-corrected chi connectivity index (χ0v) is 44.9. The summed E-state index contributed by atoms with van der Waals surface area (Å²) in [5.74, 6) is -0.943. The summed E-state index contributed by atoms with van der Waals surface area (Å²) in [7, 11) is 0. The number of hydrogen-bond donors (Lipinski definition) is 0. The molecule has 6 heteroatoms. The fourth-order valence-electron chi connectivity index (χ4n) is 8.12.